The van der Waals surface area contributed by atoms with E-state index < -0.39 is 0 Å². The van der Waals surface area contributed by atoms with Crippen molar-refractivity contribution in [1.82, 2.24) is 24.5 Å². The molecule has 0 saturated carbocycles. The molecular weight excluding hydrogens is 366 g/mol. The van der Waals surface area contributed by atoms with Gasteiger partial charge in [-0.25, -0.2) is 0 Å². The van der Waals surface area contributed by atoms with Crippen LogP contribution in [-0.4, -0.2) is 88.9 Å². The molecule has 1 amide bonds. The molecule has 1 unspecified atom stereocenters. The van der Waals surface area contributed by atoms with Gasteiger partial charge < -0.3 is 9.64 Å². The number of carbonyl (C=O) groups excluding carboxylic acids is 1. The number of piperazine rings is 1. The van der Waals surface area contributed by atoms with Crippen LogP contribution in [0.3, 0.4) is 0 Å². The molecule has 1 aromatic heterocycles. The van der Waals surface area contributed by atoms with E-state index in [1.807, 2.05) is 35.0 Å². The fraction of sp³-hybridized carbons (Fsp3) is 0.545. The van der Waals surface area contributed by atoms with Gasteiger partial charge in [-0.05, 0) is 18.1 Å². The topological polar surface area (TPSA) is 53.8 Å². The molecule has 0 radical (unpaired) electrons. The van der Waals surface area contributed by atoms with E-state index in [4.69, 9.17) is 4.74 Å². The standard InChI is InChI=1S/C22H31N5O2/c1-19-13-23-27(14-19)17-21-16-25(11-12-29-21)18-22(28)26-9-7-24(8-10-26)15-20-5-3-2-4-6-20/h2-6,13-14,21H,7-12,15-18H2,1H3. The maximum Gasteiger partial charge on any atom is 0.236 e. The lowest BCUT2D eigenvalue weighted by Crippen LogP contribution is -2.53. The highest BCUT2D eigenvalue weighted by molar-refractivity contribution is 5.78. The number of ether oxygens (including phenoxy) is 1. The molecule has 7 heteroatoms. The molecule has 2 aliphatic rings. The van der Waals surface area contributed by atoms with Gasteiger partial charge in [-0.15, -0.1) is 0 Å². The normalized spacial score (nSPS) is 21.4. The minimum atomic E-state index is 0.0820. The van der Waals surface area contributed by atoms with Gasteiger partial charge in [0.15, 0.2) is 0 Å². The van der Waals surface area contributed by atoms with E-state index >= 15 is 0 Å². The van der Waals surface area contributed by atoms with E-state index in [1.165, 1.54) is 5.56 Å². The molecule has 29 heavy (non-hydrogen) atoms. The van der Waals surface area contributed by atoms with Gasteiger partial charge in [0.2, 0.25) is 5.91 Å². The number of hydrogen-bond donors (Lipinski definition) is 0. The van der Waals surface area contributed by atoms with Crippen molar-refractivity contribution in [2.75, 3.05) is 52.4 Å². The summed E-state index contributed by atoms with van der Waals surface area (Å²) in [7, 11) is 0. The van der Waals surface area contributed by atoms with Crippen LogP contribution in [0.4, 0.5) is 0 Å². The Morgan fingerprint density at radius 1 is 1.10 bits per heavy atom. The van der Waals surface area contributed by atoms with Gasteiger partial charge in [0.05, 0.1) is 32.0 Å². The Labute approximate surface area is 172 Å². The lowest BCUT2D eigenvalue weighted by molar-refractivity contribution is -0.136. The van der Waals surface area contributed by atoms with Gasteiger partial charge in [0, 0.05) is 52.0 Å². The molecule has 0 bridgehead atoms. The van der Waals surface area contributed by atoms with Crippen LogP contribution in [0, 0.1) is 6.92 Å². The number of amides is 1. The Morgan fingerprint density at radius 3 is 2.62 bits per heavy atom. The Kier molecular flexibility index (Phi) is 6.59. The molecule has 0 N–H and O–H groups in total. The van der Waals surface area contributed by atoms with Crippen LogP contribution in [0.15, 0.2) is 42.7 Å². The van der Waals surface area contributed by atoms with Crippen molar-refractivity contribution in [1.29, 1.82) is 0 Å². The van der Waals surface area contributed by atoms with Crippen LogP contribution in [-0.2, 0) is 22.6 Å². The van der Waals surface area contributed by atoms with Gasteiger partial charge in [-0.3, -0.25) is 19.3 Å². The Balaban J connectivity index is 1.21. The Morgan fingerprint density at radius 2 is 1.90 bits per heavy atom. The summed E-state index contributed by atoms with van der Waals surface area (Å²) in [6, 6.07) is 10.5. The highest BCUT2D eigenvalue weighted by Gasteiger charge is 2.26. The second-order valence-corrected chi connectivity index (χ2v) is 8.11. The van der Waals surface area contributed by atoms with Crippen molar-refractivity contribution in [3.05, 3.63) is 53.9 Å². The first-order valence-electron chi connectivity index (χ1n) is 10.5. The zero-order valence-corrected chi connectivity index (χ0v) is 17.2. The molecule has 2 saturated heterocycles. The predicted molar refractivity (Wildman–Crippen MR) is 111 cm³/mol. The SMILES string of the molecule is Cc1cnn(CC2CN(CC(=O)N3CCN(Cc4ccccc4)CC3)CCO2)c1. The molecular formula is C22H31N5O2. The fourth-order valence-electron chi connectivity index (χ4n) is 4.10. The van der Waals surface area contributed by atoms with Gasteiger partial charge in [-0.2, -0.15) is 5.10 Å². The number of aromatic nitrogens is 2. The average molecular weight is 398 g/mol. The number of benzene rings is 1. The molecule has 7 nitrogen and oxygen atoms in total. The van der Waals surface area contributed by atoms with Gasteiger partial charge in [0.1, 0.15) is 0 Å². The van der Waals surface area contributed by atoms with Crippen LogP contribution in [0.1, 0.15) is 11.1 Å². The number of aryl methyl sites for hydroxylation is 1. The molecule has 2 fully saturated rings. The maximum absolute atomic E-state index is 12.8. The molecule has 1 atom stereocenters. The molecule has 0 aliphatic carbocycles. The molecule has 1 aromatic carbocycles. The van der Waals surface area contributed by atoms with Crippen LogP contribution >= 0.6 is 0 Å². The number of morpholine rings is 1. The summed E-state index contributed by atoms with van der Waals surface area (Å²) < 4.78 is 7.81. The summed E-state index contributed by atoms with van der Waals surface area (Å²) in [5.41, 5.74) is 2.48. The van der Waals surface area contributed by atoms with Crippen LogP contribution in [0.2, 0.25) is 0 Å². The molecule has 156 valence electrons. The Hall–Kier alpha value is -2.22. The highest BCUT2D eigenvalue weighted by Crippen LogP contribution is 2.11. The van der Waals surface area contributed by atoms with Crippen LogP contribution in [0.25, 0.3) is 0 Å². The van der Waals surface area contributed by atoms with E-state index in [2.05, 4.69) is 39.2 Å². The van der Waals surface area contributed by atoms with Crippen molar-refractivity contribution in [2.24, 2.45) is 0 Å². The van der Waals surface area contributed by atoms with E-state index in [1.54, 1.807) is 0 Å². The van der Waals surface area contributed by atoms with E-state index in [0.29, 0.717) is 13.2 Å². The molecule has 3 heterocycles. The van der Waals surface area contributed by atoms with E-state index in [0.717, 1.165) is 57.9 Å². The van der Waals surface area contributed by atoms with Crippen molar-refractivity contribution in [3.63, 3.8) is 0 Å². The van der Waals surface area contributed by atoms with Gasteiger partial charge >= 0.3 is 0 Å². The second-order valence-electron chi connectivity index (χ2n) is 8.11. The molecule has 0 spiro atoms. The summed E-state index contributed by atoms with van der Waals surface area (Å²) in [5, 5.41) is 4.34. The number of nitrogens with zero attached hydrogens (tertiary/aromatic N) is 5. The van der Waals surface area contributed by atoms with Gasteiger partial charge in [-0.1, -0.05) is 30.3 Å². The average Bonchev–Trinajstić information content (AvgIpc) is 3.14. The minimum Gasteiger partial charge on any atom is -0.374 e. The third-order valence-corrected chi connectivity index (χ3v) is 5.71. The summed E-state index contributed by atoms with van der Waals surface area (Å²) in [6.45, 7) is 9.97. The minimum absolute atomic E-state index is 0.0820. The fourth-order valence-corrected chi connectivity index (χ4v) is 4.10. The first-order valence-corrected chi connectivity index (χ1v) is 10.5. The zero-order chi connectivity index (χ0) is 20.1. The number of hydrogen-bond acceptors (Lipinski definition) is 5. The summed E-state index contributed by atoms with van der Waals surface area (Å²) in [5.74, 6) is 0.236. The monoisotopic (exact) mass is 397 g/mol. The van der Waals surface area contributed by atoms with E-state index in [-0.39, 0.29) is 12.0 Å². The van der Waals surface area contributed by atoms with Crippen molar-refractivity contribution >= 4 is 5.91 Å². The second kappa shape index (κ2) is 9.52. The van der Waals surface area contributed by atoms with Crippen molar-refractivity contribution < 1.29 is 9.53 Å². The van der Waals surface area contributed by atoms with Crippen LogP contribution < -0.4 is 0 Å². The largest absolute Gasteiger partial charge is 0.374 e. The molecule has 4 rings (SSSR count). The Bertz CT molecular complexity index is 786. The lowest BCUT2D eigenvalue weighted by Gasteiger charge is -2.37. The quantitative estimate of drug-likeness (QED) is 0.734. The third-order valence-electron chi connectivity index (χ3n) is 5.71. The zero-order valence-electron chi connectivity index (χ0n) is 17.2. The maximum atomic E-state index is 12.8. The van der Waals surface area contributed by atoms with Crippen molar-refractivity contribution in [2.45, 2.75) is 26.1 Å². The third kappa shape index (κ3) is 5.65. The predicted octanol–water partition coefficient (Wildman–Crippen LogP) is 1.24. The first-order chi connectivity index (χ1) is 14.2. The first kappa shape index (κ1) is 20.1. The van der Waals surface area contributed by atoms with E-state index in [9.17, 15) is 4.79 Å². The molecule has 2 aliphatic heterocycles. The van der Waals surface area contributed by atoms with Gasteiger partial charge in [0.25, 0.3) is 0 Å². The molecule has 2 aromatic rings. The highest BCUT2D eigenvalue weighted by atomic mass is 16.5. The van der Waals surface area contributed by atoms with Crippen LogP contribution in [0.5, 0.6) is 0 Å². The summed E-state index contributed by atoms with van der Waals surface area (Å²) in [4.78, 5) is 19.5. The number of carbonyl (C=O) groups is 1. The smallest absolute Gasteiger partial charge is 0.236 e. The van der Waals surface area contributed by atoms with Crippen molar-refractivity contribution in [3.8, 4) is 0 Å². The summed E-state index contributed by atoms with van der Waals surface area (Å²) >= 11 is 0. The number of rotatable bonds is 6. The summed E-state index contributed by atoms with van der Waals surface area (Å²) in [6.07, 6.45) is 3.97. The lowest BCUT2D eigenvalue weighted by atomic mass is 10.2.